The molecule has 4 aromatic rings. The van der Waals surface area contributed by atoms with Crippen molar-refractivity contribution < 1.29 is 18.3 Å². The predicted molar refractivity (Wildman–Crippen MR) is 151 cm³/mol. The van der Waals surface area contributed by atoms with Crippen molar-refractivity contribution in [2.75, 3.05) is 79.9 Å². The quantitative estimate of drug-likeness (QED) is 0.373. The van der Waals surface area contributed by atoms with Crippen molar-refractivity contribution in [3.8, 4) is 11.3 Å². The number of nitrogen functional groups attached to an aromatic ring is 1. The van der Waals surface area contributed by atoms with Gasteiger partial charge in [0, 0.05) is 74.5 Å². The zero-order valence-electron chi connectivity index (χ0n) is 22.6. The molecule has 14 heteroatoms. The number of halogens is 2. The van der Waals surface area contributed by atoms with Gasteiger partial charge < -0.3 is 30.5 Å². The summed E-state index contributed by atoms with van der Waals surface area (Å²) in [5, 5.41) is 2.93. The molecule has 0 bridgehead atoms. The Kier molecular flexibility index (Phi) is 7.32. The van der Waals surface area contributed by atoms with Crippen LogP contribution in [0.5, 0.6) is 0 Å². The molecule has 12 nitrogen and oxygen atoms in total. The number of aromatic nitrogens is 5. The van der Waals surface area contributed by atoms with E-state index in [0.29, 0.717) is 67.7 Å². The summed E-state index contributed by atoms with van der Waals surface area (Å²) in [7, 11) is 0. The van der Waals surface area contributed by atoms with Gasteiger partial charge in [0.1, 0.15) is 5.69 Å². The maximum absolute atomic E-state index is 15.2. The highest BCUT2D eigenvalue weighted by atomic mass is 19.1. The Hall–Kier alpha value is -4.43. The molecule has 5 heterocycles. The maximum Gasteiger partial charge on any atom is 0.331 e. The minimum Gasteiger partial charge on any atom is -0.378 e. The number of benzene rings is 1. The molecule has 2 saturated heterocycles. The molecule has 214 valence electrons. The van der Waals surface area contributed by atoms with Crippen LogP contribution in [0.3, 0.4) is 0 Å². The molecule has 6 rings (SSSR count). The number of fused-ring (bicyclic) bond motifs is 1. The van der Waals surface area contributed by atoms with E-state index in [1.807, 2.05) is 9.80 Å². The average molecular weight is 565 g/mol. The molecule has 0 spiro atoms. The summed E-state index contributed by atoms with van der Waals surface area (Å²) in [5.74, 6) is -1.22. The topological polar surface area (TPSA) is 131 Å². The Morgan fingerprint density at radius 3 is 2.34 bits per heavy atom. The van der Waals surface area contributed by atoms with Crippen molar-refractivity contribution in [3.63, 3.8) is 0 Å². The van der Waals surface area contributed by atoms with Gasteiger partial charge in [-0.2, -0.15) is 4.98 Å². The largest absolute Gasteiger partial charge is 0.378 e. The van der Waals surface area contributed by atoms with Crippen LogP contribution in [-0.4, -0.2) is 94.5 Å². The first-order valence-electron chi connectivity index (χ1n) is 13.5. The number of nitrogens with two attached hydrogens (primary N) is 1. The van der Waals surface area contributed by atoms with E-state index >= 15 is 8.78 Å². The molecule has 1 amide bonds. The molecule has 2 aliphatic heterocycles. The number of nitrogens with zero attached hydrogens (tertiary/aromatic N) is 8. The zero-order chi connectivity index (χ0) is 28.5. The summed E-state index contributed by atoms with van der Waals surface area (Å²) in [6.07, 6.45) is 4.56. The second kappa shape index (κ2) is 11.2. The molecule has 41 heavy (non-hydrogen) atoms. The molecule has 0 radical (unpaired) electrons. The second-order valence-corrected chi connectivity index (χ2v) is 9.86. The highest BCUT2D eigenvalue weighted by Crippen LogP contribution is 2.31. The van der Waals surface area contributed by atoms with Crippen LogP contribution in [0.25, 0.3) is 22.3 Å². The lowest BCUT2D eigenvalue weighted by Gasteiger charge is -2.35. The van der Waals surface area contributed by atoms with E-state index < -0.39 is 23.4 Å². The summed E-state index contributed by atoms with van der Waals surface area (Å²) >= 11 is 0. The van der Waals surface area contributed by atoms with Crippen molar-refractivity contribution in [1.82, 2.24) is 29.4 Å². The minimum atomic E-state index is -0.855. The summed E-state index contributed by atoms with van der Waals surface area (Å²) in [6.45, 7) is 8.12. The predicted octanol–water partition coefficient (Wildman–Crippen LogP) is 2.81. The summed E-state index contributed by atoms with van der Waals surface area (Å²) in [5.41, 5.74) is 6.92. The van der Waals surface area contributed by atoms with E-state index in [4.69, 9.17) is 15.5 Å². The fourth-order valence-electron chi connectivity index (χ4n) is 5.10. The van der Waals surface area contributed by atoms with Crippen LogP contribution in [0.15, 0.2) is 36.8 Å². The van der Waals surface area contributed by atoms with Crippen LogP contribution in [0.4, 0.5) is 36.8 Å². The number of hydrogen-bond acceptors (Lipinski definition) is 10. The number of anilines is 4. The number of likely N-dealkylation sites (N-methyl/N-ethyl adjacent to an activating group) is 1. The Labute approximate surface area is 234 Å². The molecular formula is C27H30F2N10O2. The van der Waals surface area contributed by atoms with Gasteiger partial charge >= 0.3 is 6.03 Å². The van der Waals surface area contributed by atoms with Crippen molar-refractivity contribution in [3.05, 3.63) is 48.4 Å². The van der Waals surface area contributed by atoms with Crippen LogP contribution in [-0.2, 0) is 4.74 Å². The van der Waals surface area contributed by atoms with Crippen LogP contribution < -0.4 is 20.9 Å². The van der Waals surface area contributed by atoms with E-state index in [2.05, 4.69) is 32.1 Å². The standard InChI is InChI=1S/C27H30F2N10O2/c1-2-36-5-7-37(8-6-36)18-13-20(28)23(21(29)14-18)34-27(40)39-4-3-19-22(17-15-31-25(30)32-16-17)33-26(35-24(19)39)38-9-11-41-12-10-38/h3-4,13-16H,2,5-12H2,1H3,(H,34,40)(H2,30,31,32). The van der Waals surface area contributed by atoms with E-state index in [0.717, 1.165) is 19.6 Å². The SMILES string of the molecule is CCN1CCN(c2cc(F)c(NC(=O)n3ccc4c(-c5cnc(N)nc5)nc(N5CCOCC5)nc43)c(F)c2)CC1. The van der Waals surface area contributed by atoms with Crippen molar-refractivity contribution in [2.24, 2.45) is 0 Å². The first-order chi connectivity index (χ1) is 19.9. The third-order valence-corrected chi connectivity index (χ3v) is 7.43. The summed E-state index contributed by atoms with van der Waals surface area (Å²) in [4.78, 5) is 37.1. The van der Waals surface area contributed by atoms with Gasteiger partial charge in [-0.05, 0) is 24.7 Å². The number of carbonyl (C=O) groups is 1. The number of nitrogens with one attached hydrogen (secondary N) is 1. The molecule has 0 unspecified atom stereocenters. The smallest absolute Gasteiger partial charge is 0.331 e. The Morgan fingerprint density at radius 1 is 1.00 bits per heavy atom. The van der Waals surface area contributed by atoms with Crippen molar-refractivity contribution in [1.29, 1.82) is 0 Å². The van der Waals surface area contributed by atoms with Crippen LogP contribution in [0.2, 0.25) is 0 Å². The Morgan fingerprint density at radius 2 is 1.68 bits per heavy atom. The van der Waals surface area contributed by atoms with E-state index in [9.17, 15) is 4.79 Å². The number of piperazine rings is 1. The number of morpholine rings is 1. The number of hydrogen-bond donors (Lipinski definition) is 2. The second-order valence-electron chi connectivity index (χ2n) is 9.86. The minimum absolute atomic E-state index is 0.114. The maximum atomic E-state index is 15.2. The van der Waals surface area contributed by atoms with Gasteiger partial charge in [-0.25, -0.2) is 28.5 Å². The van der Waals surface area contributed by atoms with E-state index in [-0.39, 0.29) is 11.6 Å². The fraction of sp³-hybridized carbons (Fsp3) is 0.370. The summed E-state index contributed by atoms with van der Waals surface area (Å²) < 4.78 is 37.0. The number of carbonyl (C=O) groups excluding carboxylic acids is 1. The first-order valence-corrected chi connectivity index (χ1v) is 13.5. The molecular weight excluding hydrogens is 534 g/mol. The number of ether oxygens (including phenoxy) is 1. The zero-order valence-corrected chi connectivity index (χ0v) is 22.6. The molecule has 1 aromatic carbocycles. The average Bonchev–Trinajstić information content (AvgIpc) is 3.43. The van der Waals surface area contributed by atoms with Gasteiger partial charge in [-0.15, -0.1) is 0 Å². The lowest BCUT2D eigenvalue weighted by Crippen LogP contribution is -2.46. The van der Waals surface area contributed by atoms with Crippen LogP contribution in [0, 0.1) is 11.6 Å². The Bertz CT molecular complexity index is 1540. The van der Waals surface area contributed by atoms with Crippen LogP contribution in [0.1, 0.15) is 6.92 Å². The molecule has 0 saturated carbocycles. The lowest BCUT2D eigenvalue weighted by atomic mass is 10.2. The van der Waals surface area contributed by atoms with Gasteiger partial charge in [0.25, 0.3) is 0 Å². The van der Waals surface area contributed by atoms with Crippen molar-refractivity contribution in [2.45, 2.75) is 6.92 Å². The van der Waals surface area contributed by atoms with Crippen molar-refractivity contribution >= 4 is 40.3 Å². The van der Waals surface area contributed by atoms with E-state index in [1.54, 1.807) is 18.5 Å². The third-order valence-electron chi connectivity index (χ3n) is 7.43. The fourth-order valence-corrected chi connectivity index (χ4v) is 5.10. The highest BCUT2D eigenvalue weighted by Gasteiger charge is 2.24. The van der Waals surface area contributed by atoms with Crippen LogP contribution >= 0.6 is 0 Å². The molecule has 3 N–H and O–H groups in total. The summed E-state index contributed by atoms with van der Waals surface area (Å²) in [6, 6.07) is 3.40. The Balaban J connectivity index is 1.32. The third kappa shape index (κ3) is 5.35. The van der Waals surface area contributed by atoms with Gasteiger partial charge in [0.15, 0.2) is 17.3 Å². The molecule has 0 atom stereocenters. The van der Waals surface area contributed by atoms with Gasteiger partial charge in [-0.1, -0.05) is 6.92 Å². The molecule has 2 fully saturated rings. The van der Waals surface area contributed by atoms with Gasteiger partial charge in [0.05, 0.1) is 18.9 Å². The number of rotatable bonds is 5. The normalized spacial score (nSPS) is 16.4. The first kappa shape index (κ1) is 26.8. The molecule has 3 aromatic heterocycles. The molecule has 2 aliphatic rings. The van der Waals surface area contributed by atoms with Gasteiger partial charge in [-0.3, -0.25) is 4.57 Å². The number of amides is 1. The molecule has 0 aliphatic carbocycles. The van der Waals surface area contributed by atoms with E-state index in [1.165, 1.54) is 22.9 Å². The monoisotopic (exact) mass is 564 g/mol. The van der Waals surface area contributed by atoms with Gasteiger partial charge in [0.2, 0.25) is 11.9 Å². The lowest BCUT2D eigenvalue weighted by molar-refractivity contribution is 0.122. The highest BCUT2D eigenvalue weighted by molar-refractivity contribution is 6.01.